The van der Waals surface area contributed by atoms with E-state index in [0.717, 1.165) is 0 Å². The van der Waals surface area contributed by atoms with Crippen LogP contribution in [0.2, 0.25) is 0 Å². The Kier molecular flexibility index (Phi) is 4.72. The summed E-state index contributed by atoms with van der Waals surface area (Å²) in [5, 5.41) is 0. The van der Waals surface area contributed by atoms with Crippen molar-refractivity contribution in [2.75, 3.05) is 14.2 Å². The van der Waals surface area contributed by atoms with Crippen LogP contribution in [0.3, 0.4) is 0 Å². The van der Waals surface area contributed by atoms with E-state index in [1.807, 2.05) is 0 Å². The van der Waals surface area contributed by atoms with Crippen LogP contribution in [0.5, 0.6) is 11.5 Å². The molecule has 0 spiro atoms. The number of rotatable bonds is 5. The first-order chi connectivity index (χ1) is 10.1. The molecule has 0 saturated heterocycles. The summed E-state index contributed by atoms with van der Waals surface area (Å²) in [7, 11) is 2.92. The predicted molar refractivity (Wildman–Crippen MR) is 75.1 cm³/mol. The molecule has 0 bridgehead atoms. The maximum Gasteiger partial charge on any atom is 0.131 e. The number of nitrogens with one attached hydrogen (secondary N) is 1. The Bertz CT molecular complexity index is 593. The summed E-state index contributed by atoms with van der Waals surface area (Å²) in [5.41, 5.74) is 2.66. The van der Waals surface area contributed by atoms with Gasteiger partial charge >= 0.3 is 0 Å². The molecule has 6 heteroatoms. The number of hydrogen-bond acceptors (Lipinski definition) is 4. The predicted octanol–water partition coefficient (Wildman–Crippen LogP) is 2.53. The SMILES string of the molecule is COc1cccc(OC)c1C(NN)c1c(F)cccc1F. The summed E-state index contributed by atoms with van der Waals surface area (Å²) in [6.45, 7) is 0. The molecule has 0 radical (unpaired) electrons. The molecule has 3 N–H and O–H groups in total. The molecular formula is C15H16F2N2O2. The maximum atomic E-state index is 14.0. The molecule has 2 rings (SSSR count). The first-order valence-electron chi connectivity index (χ1n) is 6.25. The van der Waals surface area contributed by atoms with Crippen LogP contribution < -0.4 is 20.7 Å². The molecule has 1 unspecified atom stereocenters. The van der Waals surface area contributed by atoms with Crippen LogP contribution in [0, 0.1) is 11.6 Å². The summed E-state index contributed by atoms with van der Waals surface area (Å²) in [6.07, 6.45) is 0. The van der Waals surface area contributed by atoms with Crippen molar-refractivity contribution in [1.82, 2.24) is 5.43 Å². The molecule has 0 aliphatic carbocycles. The van der Waals surface area contributed by atoms with E-state index in [2.05, 4.69) is 5.43 Å². The van der Waals surface area contributed by atoms with Crippen molar-refractivity contribution in [1.29, 1.82) is 0 Å². The van der Waals surface area contributed by atoms with Crippen molar-refractivity contribution in [3.05, 3.63) is 59.2 Å². The Balaban J connectivity index is 2.67. The smallest absolute Gasteiger partial charge is 0.131 e. The third-order valence-corrected chi connectivity index (χ3v) is 3.21. The quantitative estimate of drug-likeness (QED) is 0.657. The monoisotopic (exact) mass is 294 g/mol. The lowest BCUT2D eigenvalue weighted by Gasteiger charge is -2.22. The van der Waals surface area contributed by atoms with E-state index in [0.29, 0.717) is 17.1 Å². The van der Waals surface area contributed by atoms with Crippen molar-refractivity contribution in [3.8, 4) is 11.5 Å². The van der Waals surface area contributed by atoms with Gasteiger partial charge in [0.2, 0.25) is 0 Å². The summed E-state index contributed by atoms with van der Waals surface area (Å²) >= 11 is 0. The standard InChI is InChI=1S/C15H16F2N2O2/c1-20-11-7-4-8-12(21-2)14(11)15(19-18)13-9(16)5-3-6-10(13)17/h3-8,15,19H,18H2,1-2H3. The summed E-state index contributed by atoms with van der Waals surface area (Å²) in [6, 6.07) is 7.74. The van der Waals surface area contributed by atoms with Gasteiger partial charge < -0.3 is 9.47 Å². The van der Waals surface area contributed by atoms with E-state index in [1.54, 1.807) is 18.2 Å². The van der Waals surface area contributed by atoms with Crippen LogP contribution in [0.4, 0.5) is 8.78 Å². The molecule has 112 valence electrons. The van der Waals surface area contributed by atoms with E-state index < -0.39 is 17.7 Å². The maximum absolute atomic E-state index is 14.0. The Hall–Kier alpha value is -2.18. The zero-order valence-corrected chi connectivity index (χ0v) is 11.7. The van der Waals surface area contributed by atoms with E-state index in [1.165, 1.54) is 32.4 Å². The van der Waals surface area contributed by atoms with Crippen molar-refractivity contribution in [2.24, 2.45) is 5.84 Å². The van der Waals surface area contributed by atoms with Crippen LogP contribution in [-0.2, 0) is 0 Å². The molecular weight excluding hydrogens is 278 g/mol. The minimum Gasteiger partial charge on any atom is -0.496 e. The average Bonchev–Trinajstić information content (AvgIpc) is 2.50. The average molecular weight is 294 g/mol. The first kappa shape index (κ1) is 15.2. The Labute approximate surface area is 121 Å². The number of benzene rings is 2. The first-order valence-corrected chi connectivity index (χ1v) is 6.25. The lowest BCUT2D eigenvalue weighted by molar-refractivity contribution is 0.374. The Morgan fingerprint density at radius 3 is 1.81 bits per heavy atom. The largest absolute Gasteiger partial charge is 0.496 e. The van der Waals surface area contributed by atoms with Gasteiger partial charge in [-0.05, 0) is 24.3 Å². The zero-order valence-electron chi connectivity index (χ0n) is 11.7. The normalized spacial score (nSPS) is 12.0. The highest BCUT2D eigenvalue weighted by Gasteiger charge is 2.26. The van der Waals surface area contributed by atoms with Crippen LogP contribution in [0.25, 0.3) is 0 Å². The topological polar surface area (TPSA) is 56.5 Å². The molecule has 0 saturated carbocycles. The van der Waals surface area contributed by atoms with Gasteiger partial charge in [-0.15, -0.1) is 0 Å². The minimum absolute atomic E-state index is 0.192. The van der Waals surface area contributed by atoms with E-state index >= 15 is 0 Å². The second-order valence-corrected chi connectivity index (χ2v) is 4.31. The molecule has 2 aromatic carbocycles. The Morgan fingerprint density at radius 2 is 1.38 bits per heavy atom. The minimum atomic E-state index is -0.947. The van der Waals surface area contributed by atoms with Crippen LogP contribution in [-0.4, -0.2) is 14.2 Å². The highest BCUT2D eigenvalue weighted by molar-refractivity contribution is 5.50. The molecule has 0 aliphatic rings. The Morgan fingerprint density at radius 1 is 0.905 bits per heavy atom. The van der Waals surface area contributed by atoms with Gasteiger partial charge in [0.05, 0.1) is 25.8 Å². The third kappa shape index (κ3) is 2.81. The van der Waals surface area contributed by atoms with Crippen molar-refractivity contribution in [3.63, 3.8) is 0 Å². The van der Waals surface area contributed by atoms with Crippen molar-refractivity contribution in [2.45, 2.75) is 6.04 Å². The highest BCUT2D eigenvalue weighted by Crippen LogP contribution is 2.38. The molecule has 2 aromatic rings. The summed E-state index contributed by atoms with van der Waals surface area (Å²) < 4.78 is 38.6. The number of hydrazine groups is 1. The zero-order chi connectivity index (χ0) is 15.4. The van der Waals surface area contributed by atoms with Gasteiger partial charge in [0.15, 0.2) is 0 Å². The van der Waals surface area contributed by atoms with Gasteiger partial charge in [-0.3, -0.25) is 5.84 Å². The second-order valence-electron chi connectivity index (χ2n) is 4.31. The van der Waals surface area contributed by atoms with Crippen LogP contribution in [0.1, 0.15) is 17.2 Å². The van der Waals surface area contributed by atoms with E-state index in [4.69, 9.17) is 15.3 Å². The lowest BCUT2D eigenvalue weighted by Crippen LogP contribution is -2.31. The molecule has 0 amide bonds. The fraction of sp³-hybridized carbons (Fsp3) is 0.200. The number of hydrogen-bond donors (Lipinski definition) is 2. The van der Waals surface area contributed by atoms with Gasteiger partial charge in [-0.25, -0.2) is 14.2 Å². The molecule has 0 fully saturated rings. The van der Waals surface area contributed by atoms with Gasteiger partial charge in [-0.1, -0.05) is 12.1 Å². The van der Waals surface area contributed by atoms with Crippen molar-refractivity contribution >= 4 is 0 Å². The molecule has 21 heavy (non-hydrogen) atoms. The van der Waals surface area contributed by atoms with Gasteiger partial charge in [0, 0.05) is 5.56 Å². The molecule has 0 aromatic heterocycles. The van der Waals surface area contributed by atoms with E-state index in [-0.39, 0.29) is 5.56 Å². The molecule has 4 nitrogen and oxygen atoms in total. The number of halogens is 2. The van der Waals surface area contributed by atoms with Gasteiger partial charge in [0.25, 0.3) is 0 Å². The molecule has 1 atom stereocenters. The third-order valence-electron chi connectivity index (χ3n) is 3.21. The number of nitrogens with two attached hydrogens (primary N) is 1. The number of ether oxygens (including phenoxy) is 2. The highest BCUT2D eigenvalue weighted by atomic mass is 19.1. The second kappa shape index (κ2) is 6.51. The molecule has 0 aliphatic heterocycles. The van der Waals surface area contributed by atoms with Crippen LogP contribution in [0.15, 0.2) is 36.4 Å². The molecule has 0 heterocycles. The fourth-order valence-electron chi connectivity index (χ4n) is 2.26. The summed E-state index contributed by atoms with van der Waals surface area (Å²) in [4.78, 5) is 0. The number of methoxy groups -OCH3 is 2. The van der Waals surface area contributed by atoms with Gasteiger partial charge in [-0.2, -0.15) is 0 Å². The summed E-state index contributed by atoms with van der Waals surface area (Å²) in [5.74, 6) is 4.95. The van der Waals surface area contributed by atoms with Crippen molar-refractivity contribution < 1.29 is 18.3 Å². The van der Waals surface area contributed by atoms with Crippen LogP contribution >= 0.6 is 0 Å². The van der Waals surface area contributed by atoms with Gasteiger partial charge in [0.1, 0.15) is 23.1 Å². The fourth-order valence-corrected chi connectivity index (χ4v) is 2.26. The van der Waals surface area contributed by atoms with E-state index in [9.17, 15) is 8.78 Å². The lowest BCUT2D eigenvalue weighted by atomic mass is 9.96.